The van der Waals surface area contributed by atoms with Gasteiger partial charge in [0.2, 0.25) is 0 Å². The van der Waals surface area contributed by atoms with Crippen molar-refractivity contribution in [2.75, 3.05) is 34.4 Å². The molecule has 6 heteroatoms. The molecule has 1 saturated heterocycles. The topological polar surface area (TPSA) is 42.4 Å². The monoisotopic (exact) mass is 278 g/mol. The van der Waals surface area contributed by atoms with Crippen LogP contribution in [0.25, 0.3) is 10.2 Å². The summed E-state index contributed by atoms with van der Waals surface area (Å²) in [5, 5.41) is 13.9. The van der Waals surface area contributed by atoms with Gasteiger partial charge in [-0.05, 0) is 33.3 Å². The van der Waals surface area contributed by atoms with E-state index in [1.54, 1.807) is 0 Å². The fourth-order valence-electron chi connectivity index (χ4n) is 2.67. The molecule has 0 amide bonds. The maximum Gasteiger partial charge on any atom is 0.289 e. The Morgan fingerprint density at radius 3 is 2.84 bits per heavy atom. The van der Waals surface area contributed by atoms with Gasteiger partial charge < -0.3 is 5.21 Å². The van der Waals surface area contributed by atoms with E-state index < -0.39 is 0 Å². The van der Waals surface area contributed by atoms with E-state index in [9.17, 15) is 5.21 Å². The summed E-state index contributed by atoms with van der Waals surface area (Å²) in [6.45, 7) is 1.23. The minimum atomic E-state index is -0.372. The highest BCUT2D eigenvalue weighted by Crippen LogP contribution is 2.37. The number of nitrogens with zero attached hydrogens (tertiary/aromatic N) is 4. The van der Waals surface area contributed by atoms with E-state index in [4.69, 9.17) is 0 Å². The van der Waals surface area contributed by atoms with Gasteiger partial charge in [0, 0.05) is 0 Å². The van der Waals surface area contributed by atoms with Crippen molar-refractivity contribution in [2.24, 2.45) is 0 Å². The van der Waals surface area contributed by atoms with E-state index in [0.29, 0.717) is 11.8 Å². The number of hydrogen-bond acceptors (Lipinski definition) is 5. The number of likely N-dealkylation sites (N-methyl/N-ethyl adjacent to an activating group) is 2. The first-order chi connectivity index (χ1) is 9.00. The third kappa shape index (κ3) is 2.05. The Hall–Kier alpha value is -1.05. The molecule has 1 aliphatic rings. The molecule has 1 aromatic heterocycles. The van der Waals surface area contributed by atoms with Crippen molar-refractivity contribution in [1.82, 2.24) is 19.4 Å². The number of para-hydroxylation sites is 1. The molecule has 0 saturated carbocycles. The smallest absolute Gasteiger partial charge is 0.289 e. The average molecular weight is 278 g/mol. The lowest BCUT2D eigenvalue weighted by Gasteiger charge is -2.42. The first-order valence-electron chi connectivity index (χ1n) is 6.30. The Labute approximate surface area is 116 Å². The number of thiazole rings is 1. The van der Waals surface area contributed by atoms with Crippen molar-refractivity contribution >= 4 is 26.7 Å². The minimum absolute atomic E-state index is 0.0921. The normalized spacial score (nSPS) is 28.6. The van der Waals surface area contributed by atoms with E-state index in [0.717, 1.165) is 16.8 Å². The highest BCUT2D eigenvalue weighted by Gasteiger charge is 2.43. The van der Waals surface area contributed by atoms with E-state index in [-0.39, 0.29) is 10.8 Å². The summed E-state index contributed by atoms with van der Waals surface area (Å²) in [4.78, 5) is 8.63. The molecule has 2 aromatic rings. The van der Waals surface area contributed by atoms with Gasteiger partial charge in [-0.25, -0.2) is 0 Å². The second kappa shape index (κ2) is 4.50. The third-order valence-corrected chi connectivity index (χ3v) is 4.76. The predicted octanol–water partition coefficient (Wildman–Crippen LogP) is 1.89. The molecular weight excluding hydrogens is 260 g/mol. The van der Waals surface area contributed by atoms with Crippen LogP contribution in [0.5, 0.6) is 0 Å². The van der Waals surface area contributed by atoms with E-state index in [2.05, 4.69) is 9.88 Å². The summed E-state index contributed by atoms with van der Waals surface area (Å²) in [6.07, 6.45) is -0.0921. The molecule has 0 N–H and O–H groups in total. The predicted molar refractivity (Wildman–Crippen MR) is 79.8 cm³/mol. The SMILES string of the molecule is CN1CC(N(C)C)[N+]([O-])(c2nc3ccccc3s2)C1. The van der Waals surface area contributed by atoms with Crippen LogP contribution in [-0.2, 0) is 0 Å². The highest BCUT2D eigenvalue weighted by molar-refractivity contribution is 7.22. The second-order valence-electron chi connectivity index (χ2n) is 5.38. The van der Waals surface area contributed by atoms with E-state index >= 15 is 0 Å². The standard InChI is InChI=1S/C13H18N4OS/c1-15(2)12-8-16(3)9-17(12,18)13-14-10-6-4-5-7-11(10)19-13/h4-7,12H,8-9H2,1-3H3. The minimum Gasteiger partial charge on any atom is -0.623 e. The summed E-state index contributed by atoms with van der Waals surface area (Å²) in [5.41, 5.74) is 0.919. The van der Waals surface area contributed by atoms with Gasteiger partial charge in [-0.3, -0.25) is 14.4 Å². The molecule has 3 rings (SSSR count). The summed E-state index contributed by atoms with van der Waals surface area (Å²) >= 11 is 1.51. The van der Waals surface area contributed by atoms with Crippen LogP contribution in [0, 0.1) is 5.21 Å². The van der Waals surface area contributed by atoms with Crippen LogP contribution in [0.4, 0.5) is 5.13 Å². The number of fused-ring (bicyclic) bond motifs is 1. The third-order valence-electron chi connectivity index (χ3n) is 3.61. The summed E-state index contributed by atoms with van der Waals surface area (Å²) in [5.74, 6) is 0. The van der Waals surface area contributed by atoms with Crippen LogP contribution in [-0.4, -0.2) is 55.3 Å². The Kier molecular flexibility index (Phi) is 3.07. The molecule has 1 aromatic carbocycles. The Bertz CT molecular complexity index is 566. The number of aromatic nitrogens is 1. The molecular formula is C13H18N4OS. The number of rotatable bonds is 2. The summed E-state index contributed by atoms with van der Waals surface area (Å²) in [7, 11) is 5.91. The molecule has 0 spiro atoms. The van der Waals surface area contributed by atoms with Crippen LogP contribution in [0.2, 0.25) is 0 Å². The first kappa shape index (κ1) is 13.0. The van der Waals surface area contributed by atoms with Gasteiger partial charge in [0.25, 0.3) is 5.13 Å². The molecule has 0 aliphatic carbocycles. The van der Waals surface area contributed by atoms with Crippen molar-refractivity contribution in [3.8, 4) is 0 Å². The number of quaternary nitrogens is 1. The zero-order valence-electron chi connectivity index (χ0n) is 11.4. The molecule has 2 heterocycles. The zero-order chi connectivity index (χ0) is 13.6. The second-order valence-corrected chi connectivity index (χ2v) is 6.39. The van der Waals surface area contributed by atoms with Gasteiger partial charge in [-0.15, -0.1) is 0 Å². The molecule has 2 unspecified atom stereocenters. The molecule has 5 nitrogen and oxygen atoms in total. The van der Waals surface area contributed by atoms with Crippen LogP contribution in [0.1, 0.15) is 0 Å². The van der Waals surface area contributed by atoms with E-state index in [1.165, 1.54) is 11.3 Å². The quantitative estimate of drug-likeness (QED) is 0.621. The number of benzene rings is 1. The fraction of sp³-hybridized carbons (Fsp3) is 0.462. The molecule has 1 aliphatic heterocycles. The largest absolute Gasteiger partial charge is 0.623 e. The summed E-state index contributed by atoms with van der Waals surface area (Å²) in [6, 6.07) is 7.93. The van der Waals surface area contributed by atoms with E-state index in [1.807, 2.05) is 50.3 Å². The maximum atomic E-state index is 13.3. The lowest BCUT2D eigenvalue weighted by Crippen LogP contribution is -2.55. The van der Waals surface area contributed by atoms with Gasteiger partial charge in [0.15, 0.2) is 6.17 Å². The fourth-order valence-corrected chi connectivity index (χ4v) is 3.71. The summed E-state index contributed by atoms with van der Waals surface area (Å²) < 4.78 is 0.709. The zero-order valence-corrected chi connectivity index (χ0v) is 12.2. The van der Waals surface area contributed by atoms with Crippen LogP contribution < -0.4 is 4.65 Å². The lowest BCUT2D eigenvalue weighted by atomic mass is 10.3. The Balaban J connectivity index is 2.07. The van der Waals surface area contributed by atoms with Crippen molar-refractivity contribution in [3.63, 3.8) is 0 Å². The Morgan fingerprint density at radius 1 is 1.42 bits per heavy atom. The lowest BCUT2D eigenvalue weighted by molar-refractivity contribution is 0.178. The van der Waals surface area contributed by atoms with Crippen LogP contribution in [0.15, 0.2) is 24.3 Å². The Morgan fingerprint density at radius 2 is 2.16 bits per heavy atom. The molecule has 0 radical (unpaired) electrons. The van der Waals surface area contributed by atoms with Gasteiger partial charge in [0.05, 0.1) is 16.8 Å². The van der Waals surface area contributed by atoms with Crippen LogP contribution >= 0.6 is 11.3 Å². The van der Waals surface area contributed by atoms with Crippen molar-refractivity contribution in [1.29, 1.82) is 0 Å². The van der Waals surface area contributed by atoms with Gasteiger partial charge in [-0.1, -0.05) is 23.5 Å². The maximum absolute atomic E-state index is 13.3. The molecule has 0 bridgehead atoms. The van der Waals surface area contributed by atoms with Gasteiger partial charge in [0.1, 0.15) is 6.67 Å². The number of hydroxylamine groups is 2. The molecule has 19 heavy (non-hydrogen) atoms. The van der Waals surface area contributed by atoms with Crippen molar-refractivity contribution < 1.29 is 0 Å². The van der Waals surface area contributed by atoms with Crippen molar-refractivity contribution in [2.45, 2.75) is 6.17 Å². The highest BCUT2D eigenvalue weighted by atomic mass is 32.1. The molecule has 2 atom stereocenters. The first-order valence-corrected chi connectivity index (χ1v) is 7.12. The molecule has 102 valence electrons. The molecule has 1 fully saturated rings. The van der Waals surface area contributed by atoms with Gasteiger partial charge >= 0.3 is 0 Å². The number of hydrogen-bond donors (Lipinski definition) is 0. The van der Waals surface area contributed by atoms with Crippen molar-refractivity contribution in [3.05, 3.63) is 29.5 Å². The van der Waals surface area contributed by atoms with Gasteiger partial charge in [-0.2, -0.15) is 4.98 Å². The van der Waals surface area contributed by atoms with Crippen LogP contribution in [0.3, 0.4) is 0 Å². The average Bonchev–Trinajstić information content (AvgIpc) is 2.91.